The molecule has 170 valence electrons. The van der Waals surface area contributed by atoms with E-state index in [1.165, 1.54) is 11.1 Å². The molecule has 6 heteroatoms. The predicted molar refractivity (Wildman–Crippen MR) is 129 cm³/mol. The van der Waals surface area contributed by atoms with Crippen LogP contribution in [0.25, 0.3) is 0 Å². The fourth-order valence-corrected chi connectivity index (χ4v) is 3.79. The summed E-state index contributed by atoms with van der Waals surface area (Å²) < 4.78 is 13.4. The summed E-state index contributed by atoms with van der Waals surface area (Å²) in [6, 6.07) is 21.9. The highest BCUT2D eigenvalue weighted by molar-refractivity contribution is 6.02. The topological polar surface area (TPSA) is 69.3 Å². The Morgan fingerprint density at radius 2 is 1.73 bits per heavy atom. The van der Waals surface area contributed by atoms with E-state index in [4.69, 9.17) is 9.15 Å². The Balaban J connectivity index is 1.36. The van der Waals surface area contributed by atoms with Crippen LogP contribution in [0, 0.1) is 6.92 Å². The molecular weight excluding hydrogens is 414 g/mol. The highest BCUT2D eigenvalue weighted by Gasteiger charge is 2.22. The van der Waals surface area contributed by atoms with Gasteiger partial charge >= 0.3 is 0 Å². The van der Waals surface area contributed by atoms with Crippen molar-refractivity contribution in [2.75, 3.05) is 5.32 Å². The normalized spacial score (nSPS) is 11.4. The zero-order valence-electron chi connectivity index (χ0n) is 19.5. The van der Waals surface area contributed by atoms with Gasteiger partial charge in [-0.1, -0.05) is 56.3 Å². The number of amides is 1. The van der Waals surface area contributed by atoms with Crippen LogP contribution in [-0.4, -0.2) is 15.7 Å². The summed E-state index contributed by atoms with van der Waals surface area (Å²) in [4.78, 5) is 12.5. The highest BCUT2D eigenvalue weighted by atomic mass is 16.5. The molecule has 4 rings (SSSR count). The van der Waals surface area contributed by atoms with Crippen molar-refractivity contribution >= 4 is 11.6 Å². The van der Waals surface area contributed by atoms with Gasteiger partial charge in [-0.3, -0.25) is 9.48 Å². The van der Waals surface area contributed by atoms with Crippen molar-refractivity contribution in [2.45, 2.75) is 46.3 Å². The van der Waals surface area contributed by atoms with E-state index in [0.717, 1.165) is 18.0 Å². The van der Waals surface area contributed by atoms with Gasteiger partial charge < -0.3 is 14.5 Å². The maximum atomic E-state index is 12.5. The molecule has 33 heavy (non-hydrogen) atoms. The van der Waals surface area contributed by atoms with Crippen molar-refractivity contribution < 1.29 is 13.9 Å². The predicted octanol–water partition coefficient (Wildman–Crippen LogP) is 5.96. The molecule has 0 unspecified atom stereocenters. The molecule has 0 aliphatic carbocycles. The lowest BCUT2D eigenvalue weighted by Gasteiger charge is -2.26. The third kappa shape index (κ3) is 4.85. The summed E-state index contributed by atoms with van der Waals surface area (Å²) in [5.74, 6) is 1.24. The monoisotopic (exact) mass is 443 g/mol. The molecule has 2 aromatic carbocycles. The average molecular weight is 444 g/mol. The summed E-state index contributed by atoms with van der Waals surface area (Å²) in [6.45, 7) is 9.32. The van der Waals surface area contributed by atoms with Gasteiger partial charge in [0.05, 0.1) is 17.6 Å². The van der Waals surface area contributed by atoms with E-state index in [2.05, 4.69) is 60.7 Å². The van der Waals surface area contributed by atoms with E-state index in [1.807, 2.05) is 36.7 Å². The first kappa shape index (κ1) is 22.4. The van der Waals surface area contributed by atoms with Gasteiger partial charge in [0.2, 0.25) is 0 Å². The fraction of sp³-hybridized carbons (Fsp3) is 0.259. The zero-order chi connectivity index (χ0) is 23.4. The van der Waals surface area contributed by atoms with E-state index < -0.39 is 0 Å². The molecule has 0 saturated carbocycles. The molecule has 2 heterocycles. The molecule has 0 bridgehead atoms. The Kier molecular flexibility index (Phi) is 6.36. The second kappa shape index (κ2) is 9.36. The Bertz CT molecular complexity index is 1220. The van der Waals surface area contributed by atoms with Crippen molar-refractivity contribution in [3.8, 4) is 5.75 Å². The van der Waals surface area contributed by atoms with Crippen LogP contribution in [0.3, 0.4) is 0 Å². The van der Waals surface area contributed by atoms with E-state index in [9.17, 15) is 4.79 Å². The molecule has 0 aliphatic rings. The highest BCUT2D eigenvalue weighted by Crippen LogP contribution is 2.32. The van der Waals surface area contributed by atoms with Crippen LogP contribution in [0.4, 0.5) is 5.69 Å². The van der Waals surface area contributed by atoms with Gasteiger partial charge in [-0.2, -0.15) is 5.10 Å². The van der Waals surface area contributed by atoms with E-state index >= 15 is 0 Å². The zero-order valence-corrected chi connectivity index (χ0v) is 19.5. The van der Waals surface area contributed by atoms with Crippen LogP contribution in [0.5, 0.6) is 5.75 Å². The van der Waals surface area contributed by atoms with Gasteiger partial charge in [0.1, 0.15) is 18.1 Å². The lowest BCUT2D eigenvalue weighted by molar-refractivity contribution is 0.0992. The van der Waals surface area contributed by atoms with Crippen LogP contribution in [0.2, 0.25) is 0 Å². The first-order valence-corrected chi connectivity index (χ1v) is 11.1. The van der Waals surface area contributed by atoms with Crippen molar-refractivity contribution in [3.63, 3.8) is 0 Å². The molecule has 0 radical (unpaired) electrons. The van der Waals surface area contributed by atoms with Crippen molar-refractivity contribution in [3.05, 3.63) is 101 Å². The molecule has 0 atom stereocenters. The SMILES string of the molecule is CCn1ncc(NC(=O)c2ccc(COc3ccc(C(C)(C)c4ccccc4)cc3)o2)c1C. The number of ether oxygens (including phenoxy) is 1. The van der Waals surface area contributed by atoms with Gasteiger partial charge in [-0.05, 0) is 49.2 Å². The van der Waals surface area contributed by atoms with Gasteiger partial charge in [-0.25, -0.2) is 0 Å². The van der Waals surface area contributed by atoms with Crippen LogP contribution in [-0.2, 0) is 18.6 Å². The van der Waals surface area contributed by atoms with E-state index in [-0.39, 0.29) is 23.7 Å². The summed E-state index contributed by atoms with van der Waals surface area (Å²) in [5.41, 5.74) is 3.95. The second-order valence-corrected chi connectivity index (χ2v) is 8.48. The van der Waals surface area contributed by atoms with Crippen LogP contribution < -0.4 is 10.1 Å². The first-order valence-electron chi connectivity index (χ1n) is 11.1. The minimum atomic E-state index is -0.313. The maximum absolute atomic E-state index is 12.5. The quantitative estimate of drug-likeness (QED) is 0.365. The third-order valence-electron chi connectivity index (χ3n) is 5.99. The smallest absolute Gasteiger partial charge is 0.291 e. The van der Waals surface area contributed by atoms with Crippen molar-refractivity contribution in [1.82, 2.24) is 9.78 Å². The van der Waals surface area contributed by atoms with Crippen molar-refractivity contribution in [2.24, 2.45) is 0 Å². The molecule has 0 saturated heterocycles. The standard InChI is InChI=1S/C27H29N3O3/c1-5-30-19(2)24(17-28-30)29-26(31)25-16-15-23(33-25)18-32-22-13-11-21(12-14-22)27(3,4)20-9-7-6-8-10-20/h6-17H,5,18H2,1-4H3,(H,29,31). The number of rotatable bonds is 8. The average Bonchev–Trinajstić information content (AvgIpc) is 3.45. The number of nitrogens with zero attached hydrogens (tertiary/aromatic N) is 2. The number of nitrogens with one attached hydrogen (secondary N) is 1. The maximum Gasteiger partial charge on any atom is 0.291 e. The van der Waals surface area contributed by atoms with Gasteiger partial charge in [0, 0.05) is 12.0 Å². The number of hydrogen-bond acceptors (Lipinski definition) is 4. The summed E-state index contributed by atoms with van der Waals surface area (Å²) >= 11 is 0. The summed E-state index contributed by atoms with van der Waals surface area (Å²) in [6.07, 6.45) is 1.65. The van der Waals surface area contributed by atoms with Gasteiger partial charge in [-0.15, -0.1) is 0 Å². The van der Waals surface area contributed by atoms with Gasteiger partial charge in [0.25, 0.3) is 5.91 Å². The minimum Gasteiger partial charge on any atom is -0.486 e. The van der Waals surface area contributed by atoms with Crippen LogP contribution >= 0.6 is 0 Å². The second-order valence-electron chi connectivity index (χ2n) is 8.48. The molecular formula is C27H29N3O3. The summed E-state index contributed by atoms with van der Waals surface area (Å²) in [5, 5.41) is 7.08. The molecule has 0 fully saturated rings. The molecule has 4 aromatic rings. The Morgan fingerprint density at radius 1 is 1.03 bits per heavy atom. The molecule has 1 N–H and O–H groups in total. The van der Waals surface area contributed by atoms with E-state index in [0.29, 0.717) is 11.4 Å². The molecule has 0 spiro atoms. The number of anilines is 1. The van der Waals surface area contributed by atoms with Crippen LogP contribution in [0.15, 0.2) is 77.3 Å². The van der Waals surface area contributed by atoms with E-state index in [1.54, 1.807) is 18.3 Å². The molecule has 0 aliphatic heterocycles. The first-order chi connectivity index (χ1) is 15.9. The lowest BCUT2D eigenvalue weighted by atomic mass is 9.78. The summed E-state index contributed by atoms with van der Waals surface area (Å²) in [7, 11) is 0. The van der Waals surface area contributed by atoms with Crippen LogP contribution in [0.1, 0.15) is 53.9 Å². The number of aromatic nitrogens is 2. The number of benzene rings is 2. The van der Waals surface area contributed by atoms with Crippen molar-refractivity contribution in [1.29, 1.82) is 0 Å². The number of carbonyl (C=O) groups excluding carboxylic acids is 1. The molecule has 2 aromatic heterocycles. The number of hydrogen-bond donors (Lipinski definition) is 1. The molecule has 6 nitrogen and oxygen atoms in total. The number of carbonyl (C=O) groups is 1. The Labute approximate surface area is 194 Å². The Morgan fingerprint density at radius 3 is 2.39 bits per heavy atom. The lowest BCUT2D eigenvalue weighted by Crippen LogP contribution is -2.18. The molecule has 1 amide bonds. The number of furan rings is 1. The van der Waals surface area contributed by atoms with Gasteiger partial charge in [0.15, 0.2) is 5.76 Å². The fourth-order valence-electron chi connectivity index (χ4n) is 3.79. The number of aryl methyl sites for hydroxylation is 1. The third-order valence-corrected chi connectivity index (χ3v) is 5.99. The Hall–Kier alpha value is -3.80. The largest absolute Gasteiger partial charge is 0.486 e. The minimum absolute atomic E-state index is 0.102.